The molecule has 21 heavy (non-hydrogen) atoms. The molecule has 1 amide bonds. The first kappa shape index (κ1) is 12.7. The number of amides is 1. The van der Waals surface area contributed by atoms with Crippen LogP contribution in [0.4, 0.5) is 5.69 Å². The maximum Gasteiger partial charge on any atom is 0.256 e. The first-order valence-corrected chi connectivity index (χ1v) is 7.40. The topological polar surface area (TPSA) is 55.1 Å². The molecule has 0 spiro atoms. The number of nitrogens with zero attached hydrogens (tertiary/aromatic N) is 1. The van der Waals surface area contributed by atoms with E-state index in [-0.39, 0.29) is 5.91 Å². The van der Waals surface area contributed by atoms with Crippen molar-refractivity contribution in [2.75, 3.05) is 5.32 Å². The van der Waals surface area contributed by atoms with Crippen molar-refractivity contribution in [2.45, 2.75) is 25.7 Å². The van der Waals surface area contributed by atoms with E-state index >= 15 is 0 Å². The van der Waals surface area contributed by atoms with Crippen molar-refractivity contribution >= 4 is 34.8 Å². The van der Waals surface area contributed by atoms with Gasteiger partial charge < -0.3 is 9.73 Å². The molecule has 106 valence electrons. The number of nitrogens with one attached hydrogen (secondary N) is 1. The normalized spacial score (nSPS) is 18.5. The summed E-state index contributed by atoms with van der Waals surface area (Å²) in [4.78, 5) is 16.6. The lowest BCUT2D eigenvalue weighted by Crippen LogP contribution is -2.03. The summed E-state index contributed by atoms with van der Waals surface area (Å²) in [5.74, 6) is 1.31. The summed E-state index contributed by atoms with van der Waals surface area (Å²) >= 11 is 6.02. The lowest BCUT2D eigenvalue weighted by atomic mass is 10.0. The number of hydrogen-bond acceptors (Lipinski definition) is 3. The maximum atomic E-state index is 12.1. The third kappa shape index (κ3) is 2.16. The van der Waals surface area contributed by atoms with E-state index in [9.17, 15) is 4.79 Å². The molecule has 5 heteroatoms. The molecule has 2 aliphatic rings. The van der Waals surface area contributed by atoms with Crippen LogP contribution < -0.4 is 5.32 Å². The standard InChI is InChI=1S/C16H13ClN2O2/c17-9-5-6-12-10(7-9)11(16(20)19-12)8-15-18-13-3-1-2-4-14(13)21-15/h5-8H,1-4H2,(H,19,20). The molecule has 0 radical (unpaired) electrons. The molecule has 2 aromatic rings. The Morgan fingerprint density at radius 1 is 1.29 bits per heavy atom. The lowest BCUT2D eigenvalue weighted by Gasteiger charge is -2.05. The number of anilines is 1. The second kappa shape index (κ2) is 4.74. The molecule has 0 saturated heterocycles. The van der Waals surface area contributed by atoms with Gasteiger partial charge in [-0.15, -0.1) is 0 Å². The van der Waals surface area contributed by atoms with Gasteiger partial charge in [0.1, 0.15) is 5.76 Å². The lowest BCUT2D eigenvalue weighted by molar-refractivity contribution is -0.110. The zero-order valence-corrected chi connectivity index (χ0v) is 12.0. The second-order valence-corrected chi connectivity index (χ2v) is 5.77. The minimum absolute atomic E-state index is 0.150. The average Bonchev–Trinajstić information content (AvgIpc) is 3.01. The molecule has 0 saturated carbocycles. The van der Waals surface area contributed by atoms with Crippen LogP contribution in [0, 0.1) is 0 Å². The molecule has 0 fully saturated rings. The van der Waals surface area contributed by atoms with Crippen molar-refractivity contribution in [1.29, 1.82) is 0 Å². The summed E-state index contributed by atoms with van der Waals surface area (Å²) in [7, 11) is 0. The van der Waals surface area contributed by atoms with E-state index in [1.54, 1.807) is 24.3 Å². The Kier molecular flexibility index (Phi) is 2.86. The number of rotatable bonds is 1. The number of carbonyl (C=O) groups excluding carboxylic acids is 1. The summed E-state index contributed by atoms with van der Waals surface area (Å²) < 4.78 is 5.76. The van der Waals surface area contributed by atoms with E-state index in [1.807, 2.05) is 0 Å². The first-order valence-electron chi connectivity index (χ1n) is 7.02. The van der Waals surface area contributed by atoms with Gasteiger partial charge in [0.2, 0.25) is 5.89 Å². The fourth-order valence-electron chi connectivity index (χ4n) is 2.86. The summed E-state index contributed by atoms with van der Waals surface area (Å²) in [6.07, 6.45) is 5.87. The van der Waals surface area contributed by atoms with Crippen molar-refractivity contribution in [3.8, 4) is 0 Å². The average molecular weight is 301 g/mol. The Hall–Kier alpha value is -2.07. The zero-order chi connectivity index (χ0) is 14.4. The number of aryl methyl sites for hydroxylation is 2. The number of hydrogen-bond donors (Lipinski definition) is 1. The zero-order valence-electron chi connectivity index (χ0n) is 11.3. The van der Waals surface area contributed by atoms with Crippen LogP contribution in [-0.4, -0.2) is 10.9 Å². The van der Waals surface area contributed by atoms with E-state index in [4.69, 9.17) is 16.0 Å². The molecule has 4 rings (SSSR count). The van der Waals surface area contributed by atoms with Crippen LogP contribution in [0.25, 0.3) is 11.6 Å². The highest BCUT2D eigenvalue weighted by Gasteiger charge is 2.25. The van der Waals surface area contributed by atoms with Gasteiger partial charge in [-0.05, 0) is 37.5 Å². The Bertz CT molecular complexity index is 753. The van der Waals surface area contributed by atoms with Gasteiger partial charge in [0.15, 0.2) is 0 Å². The molecule has 0 unspecified atom stereocenters. The SMILES string of the molecule is O=C1Nc2ccc(Cl)cc2C1=Cc1nc2c(o1)CCCC2. The van der Waals surface area contributed by atoms with E-state index in [1.165, 1.54) is 0 Å². The largest absolute Gasteiger partial charge is 0.441 e. The van der Waals surface area contributed by atoms with E-state index in [2.05, 4.69) is 10.3 Å². The molecule has 2 heterocycles. The maximum absolute atomic E-state index is 12.1. The van der Waals surface area contributed by atoms with Crippen LogP contribution in [0.2, 0.25) is 5.02 Å². The Morgan fingerprint density at radius 2 is 2.14 bits per heavy atom. The van der Waals surface area contributed by atoms with Gasteiger partial charge in [0.05, 0.1) is 11.3 Å². The van der Waals surface area contributed by atoms with Crippen molar-refractivity contribution in [2.24, 2.45) is 0 Å². The van der Waals surface area contributed by atoms with Crippen LogP contribution >= 0.6 is 11.6 Å². The van der Waals surface area contributed by atoms with Crippen LogP contribution in [0.5, 0.6) is 0 Å². The molecular formula is C16H13ClN2O2. The summed E-state index contributed by atoms with van der Waals surface area (Å²) in [6.45, 7) is 0. The second-order valence-electron chi connectivity index (χ2n) is 5.33. The van der Waals surface area contributed by atoms with E-state index in [0.717, 1.165) is 48.4 Å². The summed E-state index contributed by atoms with van der Waals surface area (Å²) in [5, 5.41) is 3.42. The predicted molar refractivity (Wildman–Crippen MR) is 81.1 cm³/mol. The molecule has 0 bridgehead atoms. The Balaban J connectivity index is 1.78. The van der Waals surface area contributed by atoms with Crippen molar-refractivity contribution in [3.05, 3.63) is 46.1 Å². The molecule has 1 aromatic heterocycles. The number of aromatic nitrogens is 1. The van der Waals surface area contributed by atoms with Gasteiger partial charge in [-0.1, -0.05) is 11.6 Å². The Morgan fingerprint density at radius 3 is 3.00 bits per heavy atom. The number of benzene rings is 1. The van der Waals surface area contributed by atoms with Gasteiger partial charge in [-0.25, -0.2) is 4.98 Å². The summed E-state index contributed by atoms with van der Waals surface area (Å²) in [5.41, 5.74) is 3.14. The quantitative estimate of drug-likeness (QED) is 0.817. The number of halogens is 1. The molecule has 0 atom stereocenters. The van der Waals surface area contributed by atoms with Crippen LogP contribution in [0.1, 0.15) is 35.7 Å². The fourth-order valence-corrected chi connectivity index (χ4v) is 3.03. The van der Waals surface area contributed by atoms with Crippen LogP contribution in [-0.2, 0) is 17.6 Å². The van der Waals surface area contributed by atoms with Gasteiger partial charge in [-0.2, -0.15) is 0 Å². The minimum Gasteiger partial charge on any atom is -0.441 e. The monoisotopic (exact) mass is 300 g/mol. The van der Waals surface area contributed by atoms with E-state index in [0.29, 0.717) is 16.5 Å². The molecular weight excluding hydrogens is 288 g/mol. The first-order chi connectivity index (χ1) is 10.2. The number of carbonyl (C=O) groups is 1. The van der Waals surface area contributed by atoms with Crippen molar-refractivity contribution in [1.82, 2.24) is 4.98 Å². The molecule has 4 nitrogen and oxygen atoms in total. The summed E-state index contributed by atoms with van der Waals surface area (Å²) in [6, 6.07) is 5.34. The van der Waals surface area contributed by atoms with Gasteiger partial charge >= 0.3 is 0 Å². The van der Waals surface area contributed by atoms with Crippen LogP contribution in [0.15, 0.2) is 22.6 Å². The number of oxazole rings is 1. The highest BCUT2D eigenvalue weighted by atomic mass is 35.5. The van der Waals surface area contributed by atoms with Gasteiger partial charge in [0.25, 0.3) is 5.91 Å². The molecule has 1 aliphatic heterocycles. The number of fused-ring (bicyclic) bond motifs is 2. The van der Waals surface area contributed by atoms with E-state index < -0.39 is 0 Å². The van der Waals surface area contributed by atoms with Crippen LogP contribution in [0.3, 0.4) is 0 Å². The highest BCUT2D eigenvalue weighted by molar-refractivity contribution is 6.36. The van der Waals surface area contributed by atoms with Gasteiger partial charge in [-0.3, -0.25) is 4.79 Å². The van der Waals surface area contributed by atoms with Gasteiger partial charge in [0, 0.05) is 28.8 Å². The third-order valence-electron chi connectivity index (χ3n) is 3.89. The Labute approximate surface area is 126 Å². The molecule has 1 aromatic carbocycles. The predicted octanol–water partition coefficient (Wildman–Crippen LogP) is 3.70. The van der Waals surface area contributed by atoms with Crippen molar-refractivity contribution < 1.29 is 9.21 Å². The highest BCUT2D eigenvalue weighted by Crippen LogP contribution is 2.35. The fraction of sp³-hybridized carbons (Fsp3) is 0.250. The third-order valence-corrected chi connectivity index (χ3v) is 4.13. The smallest absolute Gasteiger partial charge is 0.256 e. The van der Waals surface area contributed by atoms with Crippen molar-refractivity contribution in [3.63, 3.8) is 0 Å². The molecule has 1 aliphatic carbocycles. The molecule has 1 N–H and O–H groups in total. The minimum atomic E-state index is -0.150.